The van der Waals surface area contributed by atoms with Gasteiger partial charge in [-0.2, -0.15) is 0 Å². The molecular formula is C22H26N2O6. The molecule has 1 aliphatic heterocycles. The number of benzene rings is 2. The summed E-state index contributed by atoms with van der Waals surface area (Å²) in [4.78, 5) is 24.4. The number of ether oxygens (including phenoxy) is 2. The second kappa shape index (κ2) is 10.2. The summed E-state index contributed by atoms with van der Waals surface area (Å²) in [5, 5.41) is 25.9. The molecule has 1 heterocycles. The van der Waals surface area contributed by atoms with E-state index in [0.29, 0.717) is 12.1 Å². The van der Waals surface area contributed by atoms with Crippen molar-refractivity contribution in [2.45, 2.75) is 37.4 Å². The highest BCUT2D eigenvalue weighted by Crippen LogP contribution is 2.23. The van der Waals surface area contributed by atoms with Gasteiger partial charge in [0.05, 0.1) is 19.6 Å². The van der Waals surface area contributed by atoms with Gasteiger partial charge in [0.1, 0.15) is 24.1 Å². The van der Waals surface area contributed by atoms with Crippen LogP contribution in [0.5, 0.6) is 5.75 Å². The van der Waals surface area contributed by atoms with E-state index >= 15 is 0 Å². The molecule has 8 nitrogen and oxygen atoms in total. The van der Waals surface area contributed by atoms with Crippen LogP contribution in [0.3, 0.4) is 0 Å². The fourth-order valence-electron chi connectivity index (χ4n) is 3.25. The van der Waals surface area contributed by atoms with Crippen LogP contribution in [-0.2, 0) is 16.1 Å². The molecule has 0 aromatic heterocycles. The summed E-state index contributed by atoms with van der Waals surface area (Å²) in [5.74, 6) is 0.115. The minimum absolute atomic E-state index is 0.0237. The molecule has 0 saturated carbocycles. The molecule has 0 spiro atoms. The number of aliphatic hydroxyl groups excluding tert-OH is 2. The molecule has 30 heavy (non-hydrogen) atoms. The van der Waals surface area contributed by atoms with Gasteiger partial charge in [0.2, 0.25) is 5.91 Å². The van der Waals surface area contributed by atoms with Crippen molar-refractivity contribution < 1.29 is 29.3 Å². The van der Waals surface area contributed by atoms with Gasteiger partial charge in [-0.25, -0.2) is 0 Å². The van der Waals surface area contributed by atoms with Crippen LogP contribution in [0, 0.1) is 0 Å². The van der Waals surface area contributed by atoms with Gasteiger partial charge in [-0.3, -0.25) is 9.59 Å². The maximum Gasteiger partial charge on any atom is 0.251 e. The predicted molar refractivity (Wildman–Crippen MR) is 109 cm³/mol. The lowest BCUT2D eigenvalue weighted by molar-refractivity contribution is -0.125. The third kappa shape index (κ3) is 5.56. The van der Waals surface area contributed by atoms with Crippen molar-refractivity contribution in [3.63, 3.8) is 0 Å². The standard InChI is InChI=1S/C22H26N2O6/c1-29-16-9-7-14(8-10-16)12-23-19(25)11-17-20(26)21(27)18(30-17)13-24-22(28)15-5-3-2-4-6-15/h2-10,17-18,20-21,26-27H,11-13H2,1H3,(H,23,25)(H,24,28). The third-order valence-corrected chi connectivity index (χ3v) is 5.00. The van der Waals surface area contributed by atoms with Crippen LogP contribution in [0.4, 0.5) is 0 Å². The van der Waals surface area contributed by atoms with Crippen LogP contribution >= 0.6 is 0 Å². The highest BCUT2D eigenvalue weighted by molar-refractivity contribution is 5.94. The molecule has 1 fully saturated rings. The summed E-state index contributed by atoms with van der Waals surface area (Å²) in [6.07, 6.45) is -4.16. The minimum atomic E-state index is -1.21. The summed E-state index contributed by atoms with van der Waals surface area (Å²) in [5.41, 5.74) is 1.39. The van der Waals surface area contributed by atoms with Crippen LogP contribution in [-0.4, -0.2) is 60.1 Å². The first-order chi connectivity index (χ1) is 14.5. The van der Waals surface area contributed by atoms with E-state index in [0.717, 1.165) is 11.3 Å². The Hall–Kier alpha value is -2.94. The zero-order chi connectivity index (χ0) is 21.5. The Morgan fingerprint density at radius 3 is 2.30 bits per heavy atom. The summed E-state index contributed by atoms with van der Waals surface area (Å²) in [7, 11) is 1.58. The number of hydrogen-bond acceptors (Lipinski definition) is 6. The van der Waals surface area contributed by atoms with Crippen molar-refractivity contribution in [1.82, 2.24) is 10.6 Å². The van der Waals surface area contributed by atoms with Crippen molar-refractivity contribution in [2.24, 2.45) is 0 Å². The summed E-state index contributed by atoms with van der Waals surface area (Å²) < 4.78 is 10.7. The van der Waals surface area contributed by atoms with E-state index in [9.17, 15) is 19.8 Å². The smallest absolute Gasteiger partial charge is 0.251 e. The van der Waals surface area contributed by atoms with E-state index in [1.165, 1.54) is 0 Å². The van der Waals surface area contributed by atoms with Crippen molar-refractivity contribution in [3.8, 4) is 5.75 Å². The first-order valence-electron chi connectivity index (χ1n) is 9.72. The van der Waals surface area contributed by atoms with Gasteiger partial charge in [0, 0.05) is 18.7 Å². The summed E-state index contributed by atoms with van der Waals surface area (Å²) >= 11 is 0. The molecule has 8 heteroatoms. The lowest BCUT2D eigenvalue weighted by Crippen LogP contribution is -2.40. The van der Waals surface area contributed by atoms with Gasteiger partial charge < -0.3 is 30.3 Å². The number of carbonyl (C=O) groups excluding carboxylic acids is 2. The predicted octanol–water partition coefficient (Wildman–Crippen LogP) is 0.621. The zero-order valence-corrected chi connectivity index (χ0v) is 16.7. The van der Waals surface area contributed by atoms with Crippen molar-refractivity contribution in [1.29, 1.82) is 0 Å². The molecule has 4 unspecified atom stereocenters. The number of aliphatic hydroxyl groups is 2. The quantitative estimate of drug-likeness (QED) is 0.503. The van der Waals surface area contributed by atoms with E-state index in [1.807, 2.05) is 12.1 Å². The average Bonchev–Trinajstić information content (AvgIpc) is 3.04. The Morgan fingerprint density at radius 1 is 0.967 bits per heavy atom. The Labute approximate surface area is 174 Å². The molecule has 160 valence electrons. The van der Waals surface area contributed by atoms with Gasteiger partial charge in [-0.1, -0.05) is 30.3 Å². The first kappa shape index (κ1) is 21.8. The fourth-order valence-corrected chi connectivity index (χ4v) is 3.25. The molecule has 1 aliphatic rings. The van der Waals surface area contributed by atoms with E-state index in [-0.39, 0.29) is 24.8 Å². The third-order valence-electron chi connectivity index (χ3n) is 5.00. The molecule has 2 amide bonds. The molecule has 4 N–H and O–H groups in total. The van der Waals surface area contributed by atoms with E-state index in [2.05, 4.69) is 10.6 Å². The van der Waals surface area contributed by atoms with Crippen molar-refractivity contribution in [3.05, 3.63) is 65.7 Å². The van der Waals surface area contributed by atoms with Crippen LogP contribution in [0.25, 0.3) is 0 Å². The molecule has 0 radical (unpaired) electrons. The Balaban J connectivity index is 1.45. The van der Waals surface area contributed by atoms with Crippen molar-refractivity contribution in [2.75, 3.05) is 13.7 Å². The van der Waals surface area contributed by atoms with E-state index in [4.69, 9.17) is 9.47 Å². The average molecular weight is 414 g/mol. The van der Waals surface area contributed by atoms with Crippen LogP contribution < -0.4 is 15.4 Å². The first-order valence-corrected chi connectivity index (χ1v) is 9.72. The molecule has 0 aliphatic carbocycles. The Bertz CT molecular complexity index is 842. The van der Waals surface area contributed by atoms with Gasteiger partial charge in [0.25, 0.3) is 5.91 Å². The Morgan fingerprint density at radius 2 is 1.63 bits per heavy atom. The van der Waals surface area contributed by atoms with Crippen LogP contribution in [0.1, 0.15) is 22.3 Å². The largest absolute Gasteiger partial charge is 0.497 e. The number of nitrogens with one attached hydrogen (secondary N) is 2. The number of carbonyl (C=O) groups is 2. The fraction of sp³-hybridized carbons (Fsp3) is 0.364. The number of amides is 2. The molecule has 3 rings (SSSR count). The van der Waals surface area contributed by atoms with Gasteiger partial charge in [-0.05, 0) is 29.8 Å². The molecule has 2 aromatic rings. The lowest BCUT2D eigenvalue weighted by atomic mass is 10.1. The number of hydrogen-bond donors (Lipinski definition) is 4. The Kier molecular flexibility index (Phi) is 7.40. The van der Waals surface area contributed by atoms with Crippen LogP contribution in [0.2, 0.25) is 0 Å². The lowest BCUT2D eigenvalue weighted by Gasteiger charge is -2.15. The molecule has 1 saturated heterocycles. The molecular weight excluding hydrogens is 388 g/mol. The molecule has 2 aromatic carbocycles. The highest BCUT2D eigenvalue weighted by Gasteiger charge is 2.43. The van der Waals surface area contributed by atoms with E-state index in [1.54, 1.807) is 49.6 Å². The van der Waals surface area contributed by atoms with Gasteiger partial charge in [0.15, 0.2) is 0 Å². The number of rotatable bonds is 8. The van der Waals surface area contributed by atoms with Gasteiger partial charge in [-0.15, -0.1) is 0 Å². The summed E-state index contributed by atoms with van der Waals surface area (Å²) in [6.45, 7) is 0.348. The molecule has 0 bridgehead atoms. The second-order valence-corrected chi connectivity index (χ2v) is 7.10. The number of methoxy groups -OCH3 is 1. The summed E-state index contributed by atoms with van der Waals surface area (Å²) in [6, 6.07) is 15.9. The highest BCUT2D eigenvalue weighted by atomic mass is 16.5. The minimum Gasteiger partial charge on any atom is -0.497 e. The van der Waals surface area contributed by atoms with Crippen molar-refractivity contribution >= 4 is 11.8 Å². The normalized spacial score (nSPS) is 23.0. The van der Waals surface area contributed by atoms with Gasteiger partial charge >= 0.3 is 0 Å². The SMILES string of the molecule is COc1ccc(CNC(=O)CC2OC(CNC(=O)c3ccccc3)C(O)C2O)cc1. The van der Waals surface area contributed by atoms with Crippen LogP contribution in [0.15, 0.2) is 54.6 Å². The maximum absolute atomic E-state index is 12.2. The second-order valence-electron chi connectivity index (χ2n) is 7.10. The zero-order valence-electron chi connectivity index (χ0n) is 16.7. The maximum atomic E-state index is 12.2. The monoisotopic (exact) mass is 414 g/mol. The topological polar surface area (TPSA) is 117 Å². The molecule has 4 atom stereocenters. The van der Waals surface area contributed by atoms with E-state index < -0.39 is 24.4 Å².